The molecule has 0 amide bonds. The lowest BCUT2D eigenvalue weighted by Crippen LogP contribution is -2.27. The van der Waals surface area contributed by atoms with Crippen molar-refractivity contribution in [1.29, 1.82) is 0 Å². The van der Waals surface area contributed by atoms with Crippen molar-refractivity contribution in [2.24, 2.45) is 0 Å². The third-order valence-electron chi connectivity index (χ3n) is 0.489. The molecular weight excluding hydrogens is 152 g/mol. The monoisotopic (exact) mass is 158 g/mol. The summed E-state index contributed by atoms with van der Waals surface area (Å²) in [6, 6.07) is 0. The van der Waals surface area contributed by atoms with E-state index in [1.807, 2.05) is 0 Å². The Morgan fingerprint density at radius 1 is 1.62 bits per heavy atom. The Hall–Kier alpha value is 0.220. The SMILES string of the molecule is CC(O)(S)S(=O)(=O)O. The maximum absolute atomic E-state index is 9.88. The van der Waals surface area contributed by atoms with Crippen molar-refractivity contribution in [2.45, 2.75) is 11.2 Å². The lowest BCUT2D eigenvalue weighted by molar-refractivity contribution is 0.223. The van der Waals surface area contributed by atoms with E-state index < -0.39 is 14.4 Å². The van der Waals surface area contributed by atoms with Gasteiger partial charge in [0.1, 0.15) is 0 Å². The summed E-state index contributed by atoms with van der Waals surface area (Å²) in [6.45, 7) is 0.853. The first kappa shape index (κ1) is 8.22. The summed E-state index contributed by atoms with van der Waals surface area (Å²) in [5.41, 5.74) is 0. The molecule has 0 rings (SSSR count). The molecule has 1 unspecified atom stereocenters. The van der Waals surface area contributed by atoms with Gasteiger partial charge in [0.2, 0.25) is 4.27 Å². The molecule has 0 aromatic heterocycles. The fraction of sp³-hybridized carbons (Fsp3) is 1.00. The minimum absolute atomic E-state index is 0.853. The van der Waals surface area contributed by atoms with Crippen LogP contribution in [-0.2, 0) is 10.1 Å². The molecule has 0 aliphatic carbocycles. The highest BCUT2D eigenvalue weighted by Crippen LogP contribution is 2.14. The second-order valence-corrected chi connectivity index (χ2v) is 4.33. The van der Waals surface area contributed by atoms with Crippen LogP contribution in [-0.4, -0.2) is 22.3 Å². The molecule has 0 fully saturated rings. The van der Waals surface area contributed by atoms with Crippen LogP contribution in [0.3, 0.4) is 0 Å². The molecule has 0 saturated carbocycles. The van der Waals surface area contributed by atoms with Crippen molar-refractivity contribution in [2.75, 3.05) is 0 Å². The normalized spacial score (nSPS) is 20.0. The molecule has 0 bridgehead atoms. The van der Waals surface area contributed by atoms with Gasteiger partial charge in [-0.15, -0.1) is 12.6 Å². The van der Waals surface area contributed by atoms with E-state index in [-0.39, 0.29) is 0 Å². The van der Waals surface area contributed by atoms with E-state index in [9.17, 15) is 8.42 Å². The van der Waals surface area contributed by atoms with Gasteiger partial charge < -0.3 is 5.11 Å². The fourth-order valence-corrected chi connectivity index (χ4v) is 0. The molecule has 0 radical (unpaired) electrons. The van der Waals surface area contributed by atoms with Crippen molar-refractivity contribution >= 4 is 22.7 Å². The van der Waals surface area contributed by atoms with Crippen LogP contribution in [0, 0.1) is 0 Å². The first-order valence-electron chi connectivity index (χ1n) is 1.67. The quantitative estimate of drug-likeness (QED) is 0.272. The van der Waals surface area contributed by atoms with Crippen molar-refractivity contribution in [1.82, 2.24) is 0 Å². The van der Waals surface area contributed by atoms with Crippen LogP contribution in [0.4, 0.5) is 0 Å². The smallest absolute Gasteiger partial charge is 0.304 e. The van der Waals surface area contributed by atoms with Crippen molar-refractivity contribution in [3.8, 4) is 0 Å². The Kier molecular flexibility index (Phi) is 1.92. The zero-order valence-corrected chi connectivity index (χ0v) is 5.78. The maximum atomic E-state index is 9.88. The van der Waals surface area contributed by atoms with Crippen LogP contribution in [0.15, 0.2) is 0 Å². The van der Waals surface area contributed by atoms with Gasteiger partial charge in [0.25, 0.3) is 0 Å². The van der Waals surface area contributed by atoms with Gasteiger partial charge in [-0.1, -0.05) is 0 Å². The Balaban J connectivity index is 4.53. The minimum atomic E-state index is -4.42. The molecule has 50 valence electrons. The molecule has 0 aromatic carbocycles. The van der Waals surface area contributed by atoms with E-state index in [0.29, 0.717) is 0 Å². The molecule has 1 atom stereocenters. The zero-order chi connectivity index (χ0) is 7.00. The molecule has 2 N–H and O–H groups in total. The Labute approximate surface area is 52.7 Å². The topological polar surface area (TPSA) is 74.6 Å². The van der Waals surface area contributed by atoms with Gasteiger partial charge in [-0.25, -0.2) is 0 Å². The number of hydrogen-bond acceptors (Lipinski definition) is 4. The average molecular weight is 158 g/mol. The first-order chi connectivity index (χ1) is 3.25. The number of aliphatic hydroxyl groups is 1. The highest BCUT2D eigenvalue weighted by atomic mass is 32.3. The summed E-state index contributed by atoms with van der Waals surface area (Å²) < 4.78 is 25.4. The Morgan fingerprint density at radius 3 is 1.75 bits per heavy atom. The number of rotatable bonds is 1. The highest BCUT2D eigenvalue weighted by Gasteiger charge is 2.29. The third-order valence-corrected chi connectivity index (χ3v) is 2.16. The standard InChI is InChI=1S/C2H6O4S2/c1-2(3,7)8(4,5)6/h3,7H,1H3,(H,4,5,6). The summed E-state index contributed by atoms with van der Waals surface area (Å²) in [4.78, 5) is 0. The molecule has 4 nitrogen and oxygen atoms in total. The summed E-state index contributed by atoms with van der Waals surface area (Å²) >= 11 is 3.15. The Morgan fingerprint density at radius 2 is 1.75 bits per heavy atom. The lowest BCUT2D eigenvalue weighted by Gasteiger charge is -2.09. The molecule has 0 aromatic rings. The van der Waals surface area contributed by atoms with Crippen LogP contribution in [0.25, 0.3) is 0 Å². The van der Waals surface area contributed by atoms with Crippen molar-refractivity contribution in [3.05, 3.63) is 0 Å². The molecule has 6 heteroatoms. The van der Waals surface area contributed by atoms with Crippen LogP contribution in [0.2, 0.25) is 0 Å². The van der Waals surface area contributed by atoms with Gasteiger partial charge in [-0.05, 0) is 6.92 Å². The molecule has 8 heavy (non-hydrogen) atoms. The Bertz CT molecular complexity index is 161. The van der Waals surface area contributed by atoms with E-state index >= 15 is 0 Å². The lowest BCUT2D eigenvalue weighted by atomic mass is 10.9. The van der Waals surface area contributed by atoms with Gasteiger partial charge in [0.15, 0.2) is 0 Å². The van der Waals surface area contributed by atoms with Crippen LogP contribution in [0.5, 0.6) is 0 Å². The van der Waals surface area contributed by atoms with Crippen LogP contribution >= 0.6 is 12.6 Å². The van der Waals surface area contributed by atoms with E-state index in [4.69, 9.17) is 9.66 Å². The summed E-state index contributed by atoms with van der Waals surface area (Å²) in [5.74, 6) is 0. The van der Waals surface area contributed by atoms with Gasteiger partial charge >= 0.3 is 10.1 Å². The van der Waals surface area contributed by atoms with Crippen molar-refractivity contribution < 1.29 is 18.1 Å². The number of thiol groups is 1. The maximum Gasteiger partial charge on any atom is 0.304 e. The van der Waals surface area contributed by atoms with Gasteiger partial charge in [0, 0.05) is 0 Å². The minimum Gasteiger partial charge on any atom is -0.365 e. The molecular formula is C2H6O4S2. The summed E-state index contributed by atoms with van der Waals surface area (Å²) in [7, 11) is -4.42. The van der Waals surface area contributed by atoms with E-state index in [1.165, 1.54) is 0 Å². The van der Waals surface area contributed by atoms with E-state index in [0.717, 1.165) is 6.92 Å². The van der Waals surface area contributed by atoms with Gasteiger partial charge in [-0.2, -0.15) is 8.42 Å². The molecule has 0 saturated heterocycles. The van der Waals surface area contributed by atoms with E-state index in [1.54, 1.807) is 0 Å². The zero-order valence-electron chi connectivity index (χ0n) is 4.07. The highest BCUT2D eigenvalue weighted by molar-refractivity contribution is 8.02. The largest absolute Gasteiger partial charge is 0.365 e. The fourth-order valence-electron chi connectivity index (χ4n) is 0. The van der Waals surface area contributed by atoms with Crippen LogP contribution < -0.4 is 0 Å². The second-order valence-electron chi connectivity index (χ2n) is 1.41. The predicted octanol–water partition coefficient (Wildman–Crippen LogP) is -0.530. The number of hydrogen-bond donors (Lipinski definition) is 3. The average Bonchev–Trinajstić information content (AvgIpc) is 1.25. The van der Waals surface area contributed by atoms with Gasteiger partial charge in [0.05, 0.1) is 0 Å². The first-order valence-corrected chi connectivity index (χ1v) is 3.55. The summed E-state index contributed by atoms with van der Waals surface area (Å²) in [6.07, 6.45) is 0. The van der Waals surface area contributed by atoms with Crippen molar-refractivity contribution in [3.63, 3.8) is 0 Å². The van der Waals surface area contributed by atoms with Crippen LogP contribution in [0.1, 0.15) is 6.92 Å². The third kappa shape index (κ3) is 1.99. The second kappa shape index (κ2) is 1.87. The molecule has 0 aliphatic heterocycles. The molecule has 0 heterocycles. The predicted molar refractivity (Wildman–Crippen MR) is 31.2 cm³/mol. The summed E-state index contributed by atoms with van der Waals surface area (Å²) in [5, 5.41) is 8.38. The van der Waals surface area contributed by atoms with E-state index in [2.05, 4.69) is 12.6 Å². The molecule has 0 spiro atoms. The van der Waals surface area contributed by atoms with Gasteiger partial charge in [-0.3, -0.25) is 4.55 Å². The molecule has 0 aliphatic rings.